The third-order valence-corrected chi connectivity index (χ3v) is 4.68. The molecule has 0 saturated heterocycles. The molecule has 5 nitrogen and oxygen atoms in total. The van der Waals surface area contributed by atoms with Crippen molar-refractivity contribution in [2.24, 2.45) is 0 Å². The quantitative estimate of drug-likeness (QED) is 0.515. The molecule has 142 valence electrons. The van der Waals surface area contributed by atoms with Crippen molar-refractivity contribution in [3.05, 3.63) is 75.8 Å². The molecule has 0 amide bonds. The number of halogens is 1. The highest BCUT2D eigenvalue weighted by molar-refractivity contribution is 5.87. The van der Waals surface area contributed by atoms with Crippen LogP contribution in [0.5, 0.6) is 5.75 Å². The Morgan fingerprint density at radius 1 is 1.19 bits per heavy atom. The Morgan fingerprint density at radius 2 is 2.00 bits per heavy atom. The maximum Gasteiger partial charge on any atom is 0.248 e. The van der Waals surface area contributed by atoms with Crippen molar-refractivity contribution in [3.63, 3.8) is 0 Å². The van der Waals surface area contributed by atoms with Gasteiger partial charge in [0.15, 0.2) is 0 Å². The molecule has 1 aromatic heterocycles. The lowest BCUT2D eigenvalue weighted by molar-refractivity contribution is 0.171. The lowest BCUT2D eigenvalue weighted by Gasteiger charge is -2.19. The minimum Gasteiger partial charge on any atom is -0.506 e. The van der Waals surface area contributed by atoms with Crippen LogP contribution in [0.15, 0.2) is 53.3 Å². The maximum absolute atomic E-state index is 13.2. The summed E-state index contributed by atoms with van der Waals surface area (Å²) >= 11 is 0. The summed E-state index contributed by atoms with van der Waals surface area (Å²) in [5.41, 5.74) is 1.58. The fourth-order valence-electron chi connectivity index (χ4n) is 3.15. The number of aromatic hydroxyl groups is 1. The summed E-state index contributed by atoms with van der Waals surface area (Å²) in [5.74, 6) is -0.268. The zero-order valence-electron chi connectivity index (χ0n) is 15.1. The number of benzene rings is 2. The molecule has 1 heterocycles. The number of phenolic OH excluding ortho intramolecular Hbond substituents is 1. The van der Waals surface area contributed by atoms with Crippen molar-refractivity contribution in [2.45, 2.75) is 31.9 Å². The summed E-state index contributed by atoms with van der Waals surface area (Å²) in [6.45, 7) is 2.34. The standard InChI is InChI=1S/C21H23FN2O3/c1-13(5-6-14-3-2-4-15(22)11-14)23-12-19(26)16-7-9-18(25)21-17(16)8-10-20(27)24-21/h2-4,7-11,13,19,23,25-26H,5-6,12H2,1H3,(H,24,27). The zero-order valence-corrected chi connectivity index (χ0v) is 15.1. The van der Waals surface area contributed by atoms with Gasteiger partial charge < -0.3 is 20.5 Å². The molecule has 2 unspecified atom stereocenters. The van der Waals surface area contributed by atoms with Crippen molar-refractivity contribution >= 4 is 10.9 Å². The van der Waals surface area contributed by atoms with Gasteiger partial charge in [-0.05, 0) is 55.2 Å². The number of aromatic nitrogens is 1. The molecule has 0 fully saturated rings. The number of H-pyrrole nitrogens is 1. The number of pyridine rings is 1. The van der Waals surface area contributed by atoms with E-state index >= 15 is 0 Å². The number of aliphatic hydroxyl groups excluding tert-OH is 1. The van der Waals surface area contributed by atoms with Crippen LogP contribution >= 0.6 is 0 Å². The van der Waals surface area contributed by atoms with Crippen LogP contribution in [0.1, 0.15) is 30.6 Å². The first-order valence-electron chi connectivity index (χ1n) is 8.95. The maximum atomic E-state index is 13.2. The van der Waals surface area contributed by atoms with Gasteiger partial charge >= 0.3 is 0 Å². The topological polar surface area (TPSA) is 85.3 Å². The number of aliphatic hydroxyl groups is 1. The number of hydrogen-bond donors (Lipinski definition) is 4. The van der Waals surface area contributed by atoms with Crippen LogP contribution in [0.25, 0.3) is 10.9 Å². The minimum absolute atomic E-state index is 0.0323. The van der Waals surface area contributed by atoms with Gasteiger partial charge in [0.25, 0.3) is 0 Å². The summed E-state index contributed by atoms with van der Waals surface area (Å²) in [7, 11) is 0. The molecule has 0 aliphatic rings. The largest absolute Gasteiger partial charge is 0.506 e. The molecular formula is C21H23FN2O3. The first-order chi connectivity index (χ1) is 12.9. The summed E-state index contributed by atoms with van der Waals surface area (Å²) in [6, 6.07) is 12.8. The SMILES string of the molecule is CC(CCc1cccc(F)c1)NCC(O)c1ccc(O)c2[nH]c(=O)ccc12. The highest BCUT2D eigenvalue weighted by atomic mass is 19.1. The van der Waals surface area contributed by atoms with Crippen LogP contribution < -0.4 is 10.9 Å². The molecular weight excluding hydrogens is 347 g/mol. The molecule has 2 aromatic carbocycles. The van der Waals surface area contributed by atoms with Gasteiger partial charge in [0, 0.05) is 24.0 Å². The van der Waals surface area contributed by atoms with E-state index in [9.17, 15) is 19.4 Å². The van der Waals surface area contributed by atoms with E-state index in [1.165, 1.54) is 24.3 Å². The Labute approximate surface area is 156 Å². The van der Waals surface area contributed by atoms with Crippen molar-refractivity contribution < 1.29 is 14.6 Å². The Balaban J connectivity index is 1.62. The van der Waals surface area contributed by atoms with Crippen LogP contribution in [0.2, 0.25) is 0 Å². The predicted octanol–water partition coefficient (Wildman–Crippen LogP) is 3.02. The van der Waals surface area contributed by atoms with Crippen molar-refractivity contribution in [3.8, 4) is 5.75 Å². The van der Waals surface area contributed by atoms with Gasteiger partial charge in [0.1, 0.15) is 11.6 Å². The monoisotopic (exact) mass is 370 g/mol. The van der Waals surface area contributed by atoms with Crippen LogP contribution in [0, 0.1) is 5.82 Å². The van der Waals surface area contributed by atoms with E-state index in [0.717, 1.165) is 18.4 Å². The van der Waals surface area contributed by atoms with E-state index in [4.69, 9.17) is 0 Å². The number of aryl methyl sites for hydroxylation is 1. The molecule has 0 spiro atoms. The normalized spacial score (nSPS) is 13.6. The number of aromatic amines is 1. The van der Waals surface area contributed by atoms with Crippen LogP contribution in [0.4, 0.5) is 4.39 Å². The van der Waals surface area contributed by atoms with E-state index in [-0.39, 0.29) is 23.2 Å². The Morgan fingerprint density at radius 3 is 2.78 bits per heavy atom. The van der Waals surface area contributed by atoms with E-state index in [0.29, 0.717) is 23.0 Å². The molecule has 0 aliphatic carbocycles. The molecule has 27 heavy (non-hydrogen) atoms. The van der Waals surface area contributed by atoms with Crippen LogP contribution in [-0.2, 0) is 6.42 Å². The molecule has 0 bridgehead atoms. The van der Waals surface area contributed by atoms with Gasteiger partial charge in [0.05, 0.1) is 11.6 Å². The van der Waals surface area contributed by atoms with Gasteiger partial charge in [-0.25, -0.2) is 4.39 Å². The van der Waals surface area contributed by atoms with Crippen molar-refractivity contribution in [2.75, 3.05) is 6.54 Å². The third-order valence-electron chi connectivity index (χ3n) is 4.68. The molecule has 3 rings (SSSR count). The summed E-state index contributed by atoms with van der Waals surface area (Å²) in [4.78, 5) is 14.1. The molecule has 6 heteroatoms. The van der Waals surface area contributed by atoms with Gasteiger partial charge in [0.2, 0.25) is 5.56 Å². The molecule has 0 radical (unpaired) electrons. The average molecular weight is 370 g/mol. The van der Waals surface area contributed by atoms with Crippen molar-refractivity contribution in [1.29, 1.82) is 0 Å². The van der Waals surface area contributed by atoms with E-state index in [1.807, 2.05) is 13.0 Å². The molecule has 2 atom stereocenters. The van der Waals surface area contributed by atoms with Gasteiger partial charge in [-0.2, -0.15) is 0 Å². The van der Waals surface area contributed by atoms with Gasteiger partial charge in [-0.15, -0.1) is 0 Å². The summed E-state index contributed by atoms with van der Waals surface area (Å²) in [5, 5.41) is 24.4. The minimum atomic E-state index is -0.796. The molecule has 0 aliphatic heterocycles. The van der Waals surface area contributed by atoms with Crippen LogP contribution in [0.3, 0.4) is 0 Å². The zero-order chi connectivity index (χ0) is 19.4. The van der Waals surface area contributed by atoms with E-state index in [1.54, 1.807) is 18.2 Å². The summed E-state index contributed by atoms with van der Waals surface area (Å²) < 4.78 is 13.2. The number of nitrogens with one attached hydrogen (secondary N) is 2. The van der Waals surface area contributed by atoms with Crippen LogP contribution in [-0.4, -0.2) is 27.8 Å². The first-order valence-corrected chi connectivity index (χ1v) is 8.95. The van der Waals surface area contributed by atoms with Crippen molar-refractivity contribution in [1.82, 2.24) is 10.3 Å². The second-order valence-corrected chi connectivity index (χ2v) is 6.78. The van der Waals surface area contributed by atoms with Gasteiger partial charge in [-0.1, -0.05) is 18.2 Å². The predicted molar refractivity (Wildman–Crippen MR) is 103 cm³/mol. The second kappa shape index (κ2) is 8.33. The molecule has 3 aromatic rings. The van der Waals surface area contributed by atoms with E-state index in [2.05, 4.69) is 10.3 Å². The Bertz CT molecular complexity index is 987. The number of rotatable bonds is 7. The Kier molecular flexibility index (Phi) is 5.88. The molecule has 0 saturated carbocycles. The molecule has 4 N–H and O–H groups in total. The fourth-order valence-corrected chi connectivity index (χ4v) is 3.15. The highest BCUT2D eigenvalue weighted by Crippen LogP contribution is 2.28. The van der Waals surface area contributed by atoms with E-state index < -0.39 is 6.10 Å². The number of phenols is 1. The smallest absolute Gasteiger partial charge is 0.248 e. The second-order valence-electron chi connectivity index (χ2n) is 6.78. The summed E-state index contributed by atoms with van der Waals surface area (Å²) in [6.07, 6.45) is 0.751. The first kappa shape index (κ1) is 19.1. The highest BCUT2D eigenvalue weighted by Gasteiger charge is 2.15. The third kappa shape index (κ3) is 4.72. The Hall–Kier alpha value is -2.70. The average Bonchev–Trinajstić information content (AvgIpc) is 2.65. The van der Waals surface area contributed by atoms with Gasteiger partial charge in [-0.3, -0.25) is 4.79 Å². The lowest BCUT2D eigenvalue weighted by atomic mass is 10.0. The number of hydrogen-bond acceptors (Lipinski definition) is 4. The lowest BCUT2D eigenvalue weighted by Crippen LogP contribution is -2.31. The fraction of sp³-hybridized carbons (Fsp3) is 0.286. The number of fused-ring (bicyclic) bond motifs is 1.